The van der Waals surface area contributed by atoms with Crippen LogP contribution in [-0.2, 0) is 6.54 Å². The largest absolute Gasteiger partial charge is 0.379 e. The van der Waals surface area contributed by atoms with Gasteiger partial charge in [0.25, 0.3) is 0 Å². The molecule has 2 rings (SSSR count). The van der Waals surface area contributed by atoms with Gasteiger partial charge in [0.05, 0.1) is 11.9 Å². The molecule has 2 aromatic heterocycles. The lowest BCUT2D eigenvalue weighted by atomic mass is 10.2. The van der Waals surface area contributed by atoms with Gasteiger partial charge in [-0.25, -0.2) is 0 Å². The second kappa shape index (κ2) is 4.77. The molecule has 2 nitrogen and oxygen atoms in total. The number of hydrogen-bond acceptors (Lipinski definition) is 3. The van der Waals surface area contributed by atoms with Crippen LogP contribution in [0.3, 0.4) is 0 Å². The van der Waals surface area contributed by atoms with Gasteiger partial charge in [-0.1, -0.05) is 0 Å². The van der Waals surface area contributed by atoms with Crippen LogP contribution in [0.2, 0.25) is 0 Å². The molecule has 0 spiro atoms. The van der Waals surface area contributed by atoms with Crippen LogP contribution in [0, 0.1) is 6.92 Å². The molecule has 0 bridgehead atoms. The van der Waals surface area contributed by atoms with Crippen molar-refractivity contribution in [3.05, 3.63) is 44.8 Å². The number of nitrogens with zero attached hydrogens (tertiary/aromatic N) is 1. The Morgan fingerprint density at radius 2 is 2.40 bits per heavy atom. The van der Waals surface area contributed by atoms with Crippen molar-refractivity contribution >= 4 is 33.0 Å². The van der Waals surface area contributed by atoms with Crippen LogP contribution in [0.5, 0.6) is 0 Å². The summed E-state index contributed by atoms with van der Waals surface area (Å²) in [5, 5.41) is 5.46. The smallest absolute Gasteiger partial charge is 0.0559 e. The highest BCUT2D eigenvalue weighted by atomic mass is 79.9. The first-order valence-corrected chi connectivity index (χ1v) is 6.30. The molecule has 0 amide bonds. The molecule has 0 aliphatic rings. The number of thiophene rings is 1. The fourth-order valence-electron chi connectivity index (χ4n) is 1.28. The molecule has 0 radical (unpaired) electrons. The molecule has 1 N–H and O–H groups in total. The van der Waals surface area contributed by atoms with Gasteiger partial charge in [0.1, 0.15) is 0 Å². The summed E-state index contributed by atoms with van der Waals surface area (Å²) in [5.41, 5.74) is 2.32. The minimum atomic E-state index is 0.850. The van der Waals surface area contributed by atoms with Gasteiger partial charge in [-0.2, -0.15) is 0 Å². The number of hydrogen-bond donors (Lipinski definition) is 1. The maximum atomic E-state index is 4.09. The third-order valence-electron chi connectivity index (χ3n) is 2.11. The quantitative estimate of drug-likeness (QED) is 0.926. The molecular formula is C11H11BrN2S. The first-order valence-electron chi connectivity index (χ1n) is 4.63. The van der Waals surface area contributed by atoms with E-state index < -0.39 is 0 Å². The Labute approximate surface area is 101 Å². The second-order valence-corrected chi connectivity index (χ2v) is 5.19. The van der Waals surface area contributed by atoms with Gasteiger partial charge < -0.3 is 5.32 Å². The molecule has 0 atom stereocenters. The van der Waals surface area contributed by atoms with Crippen LogP contribution in [0.4, 0.5) is 5.69 Å². The van der Waals surface area contributed by atoms with E-state index in [1.165, 1.54) is 10.4 Å². The average Bonchev–Trinajstić information content (AvgIpc) is 2.63. The van der Waals surface area contributed by atoms with Crippen LogP contribution < -0.4 is 5.32 Å². The highest BCUT2D eigenvalue weighted by Crippen LogP contribution is 2.21. The van der Waals surface area contributed by atoms with Gasteiger partial charge in [-0.3, -0.25) is 4.98 Å². The van der Waals surface area contributed by atoms with Gasteiger partial charge in [0, 0.05) is 27.5 Å². The summed E-state index contributed by atoms with van der Waals surface area (Å²) in [6.45, 7) is 2.93. The number of aryl methyl sites for hydroxylation is 1. The molecule has 0 saturated heterocycles. The van der Waals surface area contributed by atoms with E-state index >= 15 is 0 Å². The normalized spacial score (nSPS) is 10.3. The second-order valence-electron chi connectivity index (χ2n) is 3.28. The summed E-state index contributed by atoms with van der Waals surface area (Å²) in [4.78, 5) is 5.40. The topological polar surface area (TPSA) is 24.9 Å². The number of anilines is 1. The van der Waals surface area contributed by atoms with Crippen molar-refractivity contribution in [2.75, 3.05) is 5.32 Å². The van der Waals surface area contributed by atoms with Crippen molar-refractivity contribution in [3.8, 4) is 0 Å². The van der Waals surface area contributed by atoms with Crippen molar-refractivity contribution in [2.45, 2.75) is 13.5 Å². The summed E-state index contributed by atoms with van der Waals surface area (Å²) in [6.07, 6.45) is 3.67. The fourth-order valence-corrected chi connectivity index (χ4v) is 2.67. The molecule has 4 heteroatoms. The Hall–Kier alpha value is -0.870. The minimum Gasteiger partial charge on any atom is -0.379 e. The minimum absolute atomic E-state index is 0.850. The number of halogens is 1. The molecule has 78 valence electrons. The van der Waals surface area contributed by atoms with Crippen molar-refractivity contribution in [1.82, 2.24) is 4.98 Å². The monoisotopic (exact) mass is 282 g/mol. The van der Waals surface area contributed by atoms with Gasteiger partial charge in [0.15, 0.2) is 0 Å². The molecule has 2 aromatic rings. The molecule has 0 fully saturated rings. The standard InChI is InChI=1S/C11H11BrN2S/c1-8-2-3-13-6-11(8)14-5-10-4-9(12)7-15-10/h2-4,6-7,14H,5H2,1H3. The summed E-state index contributed by atoms with van der Waals surface area (Å²) >= 11 is 5.19. The number of rotatable bonds is 3. The van der Waals surface area contributed by atoms with Gasteiger partial charge in [0.2, 0.25) is 0 Å². The Bertz CT molecular complexity index is 453. The molecule has 0 aromatic carbocycles. The molecule has 0 unspecified atom stereocenters. The Morgan fingerprint density at radius 3 is 3.07 bits per heavy atom. The lowest BCUT2D eigenvalue weighted by Crippen LogP contribution is -1.99. The third-order valence-corrected chi connectivity index (χ3v) is 3.81. The Kier molecular flexibility index (Phi) is 3.38. The lowest BCUT2D eigenvalue weighted by Gasteiger charge is -2.06. The van der Waals surface area contributed by atoms with Crippen LogP contribution >= 0.6 is 27.3 Å². The zero-order valence-corrected chi connectivity index (χ0v) is 10.7. The highest BCUT2D eigenvalue weighted by molar-refractivity contribution is 9.10. The van der Waals surface area contributed by atoms with Crippen LogP contribution in [0.1, 0.15) is 10.4 Å². The van der Waals surface area contributed by atoms with E-state index in [1.54, 1.807) is 11.3 Å². The van der Waals surface area contributed by atoms with Crippen LogP contribution in [0.15, 0.2) is 34.4 Å². The summed E-state index contributed by atoms with van der Waals surface area (Å²) in [7, 11) is 0. The lowest BCUT2D eigenvalue weighted by molar-refractivity contribution is 1.15. The molecular weight excluding hydrogens is 272 g/mol. The summed E-state index contributed by atoms with van der Waals surface area (Å²) < 4.78 is 1.15. The molecule has 0 aliphatic carbocycles. The maximum absolute atomic E-state index is 4.09. The van der Waals surface area contributed by atoms with Crippen LogP contribution in [-0.4, -0.2) is 4.98 Å². The molecule has 15 heavy (non-hydrogen) atoms. The van der Waals surface area contributed by atoms with E-state index in [0.717, 1.165) is 16.7 Å². The van der Waals surface area contributed by atoms with Gasteiger partial charge in [-0.05, 0) is 40.5 Å². The predicted octanol–water partition coefficient (Wildman–Crippen LogP) is 3.83. The first kappa shape index (κ1) is 10.6. The van der Waals surface area contributed by atoms with E-state index in [1.807, 2.05) is 18.5 Å². The van der Waals surface area contributed by atoms with Crippen molar-refractivity contribution in [2.24, 2.45) is 0 Å². The van der Waals surface area contributed by atoms with Crippen LogP contribution in [0.25, 0.3) is 0 Å². The van der Waals surface area contributed by atoms with E-state index in [0.29, 0.717) is 0 Å². The molecule has 0 aliphatic heterocycles. The number of nitrogens with one attached hydrogen (secondary N) is 1. The van der Waals surface area contributed by atoms with Crippen molar-refractivity contribution in [1.29, 1.82) is 0 Å². The van der Waals surface area contributed by atoms with E-state index in [2.05, 4.69) is 44.6 Å². The number of aromatic nitrogens is 1. The molecule has 2 heterocycles. The predicted molar refractivity (Wildman–Crippen MR) is 68.3 cm³/mol. The third kappa shape index (κ3) is 2.79. The van der Waals surface area contributed by atoms with E-state index in [-0.39, 0.29) is 0 Å². The van der Waals surface area contributed by atoms with Crippen molar-refractivity contribution in [3.63, 3.8) is 0 Å². The summed E-state index contributed by atoms with van der Waals surface area (Å²) in [6, 6.07) is 4.13. The van der Waals surface area contributed by atoms with Crippen molar-refractivity contribution < 1.29 is 0 Å². The zero-order chi connectivity index (χ0) is 10.7. The SMILES string of the molecule is Cc1ccncc1NCc1cc(Br)cs1. The van der Waals surface area contributed by atoms with E-state index in [9.17, 15) is 0 Å². The zero-order valence-electron chi connectivity index (χ0n) is 8.33. The molecule has 0 saturated carbocycles. The highest BCUT2D eigenvalue weighted by Gasteiger charge is 1.99. The Morgan fingerprint density at radius 1 is 1.53 bits per heavy atom. The first-order chi connectivity index (χ1) is 7.25. The maximum Gasteiger partial charge on any atom is 0.0559 e. The number of pyridine rings is 1. The Balaban J connectivity index is 2.02. The van der Waals surface area contributed by atoms with E-state index in [4.69, 9.17) is 0 Å². The fraction of sp³-hybridized carbons (Fsp3) is 0.182. The van der Waals surface area contributed by atoms with Gasteiger partial charge >= 0.3 is 0 Å². The summed E-state index contributed by atoms with van der Waals surface area (Å²) in [5.74, 6) is 0. The van der Waals surface area contributed by atoms with Gasteiger partial charge in [-0.15, -0.1) is 11.3 Å². The average molecular weight is 283 g/mol.